The van der Waals surface area contributed by atoms with Crippen molar-refractivity contribution in [1.82, 2.24) is 0 Å². The molecule has 0 aliphatic carbocycles. The molecule has 0 amide bonds. The average molecular weight is 141 g/mol. The van der Waals surface area contributed by atoms with Gasteiger partial charge in [-0.2, -0.15) is 0 Å². The smallest absolute Gasteiger partial charge is 0.313 e. The van der Waals surface area contributed by atoms with Gasteiger partial charge in [-0.15, -0.1) is 0 Å². The van der Waals surface area contributed by atoms with Gasteiger partial charge in [-0.05, 0) is 13.1 Å². The highest BCUT2D eigenvalue weighted by Gasteiger charge is 2.00. The molecule has 4 N–H and O–H groups in total. The standard InChI is InChI=1S/C2H5N.H3O4P/c1-2-3;1-5(2,3)4/h2-3H,1H3;(H3,1,2,3,4). The van der Waals surface area contributed by atoms with E-state index in [4.69, 9.17) is 24.7 Å². The van der Waals surface area contributed by atoms with E-state index < -0.39 is 7.82 Å². The van der Waals surface area contributed by atoms with Gasteiger partial charge in [-0.25, -0.2) is 4.57 Å². The molecule has 0 aromatic carbocycles. The minimum absolute atomic E-state index is 1.25. The van der Waals surface area contributed by atoms with E-state index in [1.165, 1.54) is 6.21 Å². The monoisotopic (exact) mass is 141 g/mol. The molecule has 0 aromatic rings. The fourth-order valence-electron chi connectivity index (χ4n) is 0. The van der Waals surface area contributed by atoms with Crippen LogP contribution in [-0.2, 0) is 4.57 Å². The number of hydrogen-bond acceptors (Lipinski definition) is 2. The van der Waals surface area contributed by atoms with Crippen LogP contribution in [0.3, 0.4) is 0 Å². The van der Waals surface area contributed by atoms with E-state index in [0.29, 0.717) is 0 Å². The predicted molar refractivity (Wildman–Crippen MR) is 28.7 cm³/mol. The van der Waals surface area contributed by atoms with Crippen LogP contribution in [0.4, 0.5) is 0 Å². The van der Waals surface area contributed by atoms with Gasteiger partial charge in [0.2, 0.25) is 0 Å². The van der Waals surface area contributed by atoms with Gasteiger partial charge in [-0.3, -0.25) is 0 Å². The maximum Gasteiger partial charge on any atom is 0.466 e. The molecule has 0 radical (unpaired) electrons. The summed E-state index contributed by atoms with van der Waals surface area (Å²) in [6, 6.07) is 0. The quantitative estimate of drug-likeness (QED) is 0.275. The molecule has 8 heavy (non-hydrogen) atoms. The van der Waals surface area contributed by atoms with E-state index in [1.807, 2.05) is 0 Å². The SMILES string of the molecule is CC=N.O=P(O)(O)O. The Hall–Kier alpha value is -0.220. The van der Waals surface area contributed by atoms with Gasteiger partial charge in [0.25, 0.3) is 0 Å². The molecule has 50 valence electrons. The molecule has 0 saturated carbocycles. The van der Waals surface area contributed by atoms with Crippen LogP contribution in [-0.4, -0.2) is 20.9 Å². The third kappa shape index (κ3) is 2730. The summed E-state index contributed by atoms with van der Waals surface area (Å²) in [7, 11) is -4.64. The van der Waals surface area contributed by atoms with Gasteiger partial charge in [0, 0.05) is 0 Å². The first kappa shape index (κ1) is 10.7. The highest BCUT2D eigenvalue weighted by molar-refractivity contribution is 7.45. The van der Waals surface area contributed by atoms with Crippen molar-refractivity contribution < 1.29 is 19.2 Å². The van der Waals surface area contributed by atoms with Crippen molar-refractivity contribution in [3.8, 4) is 0 Å². The molecular weight excluding hydrogens is 133 g/mol. The Labute approximate surface area is 46.7 Å². The van der Waals surface area contributed by atoms with E-state index in [2.05, 4.69) is 0 Å². The number of phosphoric acid groups is 1. The lowest BCUT2D eigenvalue weighted by atomic mass is 10.9. The van der Waals surface area contributed by atoms with Crippen LogP contribution < -0.4 is 0 Å². The van der Waals surface area contributed by atoms with Crippen molar-refractivity contribution in [2.45, 2.75) is 6.92 Å². The molecule has 5 nitrogen and oxygen atoms in total. The van der Waals surface area contributed by atoms with Crippen LogP contribution in [0.15, 0.2) is 0 Å². The van der Waals surface area contributed by atoms with Crippen molar-refractivity contribution in [3.63, 3.8) is 0 Å². The Balaban J connectivity index is 0. The third-order valence-corrected chi connectivity index (χ3v) is 0. The molecule has 0 aliphatic heterocycles. The molecule has 0 bridgehead atoms. The summed E-state index contributed by atoms with van der Waals surface area (Å²) in [4.78, 5) is 21.6. The van der Waals surface area contributed by atoms with Crippen molar-refractivity contribution in [2.75, 3.05) is 0 Å². The second kappa shape index (κ2) is 4.93. The maximum atomic E-state index is 8.88. The first-order valence-electron chi connectivity index (χ1n) is 1.65. The summed E-state index contributed by atoms with van der Waals surface area (Å²) in [5.41, 5.74) is 0. The summed E-state index contributed by atoms with van der Waals surface area (Å²) in [6.45, 7) is 1.67. The Kier molecular flexibility index (Phi) is 6.59. The first-order chi connectivity index (χ1) is 3.41. The van der Waals surface area contributed by atoms with Gasteiger partial charge < -0.3 is 20.1 Å². The zero-order chi connectivity index (χ0) is 7.21. The van der Waals surface area contributed by atoms with Crippen LogP contribution in [0.25, 0.3) is 0 Å². The van der Waals surface area contributed by atoms with E-state index in [1.54, 1.807) is 6.92 Å². The van der Waals surface area contributed by atoms with Crippen molar-refractivity contribution in [3.05, 3.63) is 0 Å². The first-order valence-corrected chi connectivity index (χ1v) is 3.21. The van der Waals surface area contributed by atoms with Crippen molar-refractivity contribution in [1.29, 1.82) is 5.41 Å². The molecule has 0 heterocycles. The number of hydrogen-bond donors (Lipinski definition) is 4. The highest BCUT2D eigenvalue weighted by atomic mass is 31.2. The van der Waals surface area contributed by atoms with Crippen molar-refractivity contribution in [2.24, 2.45) is 0 Å². The minimum atomic E-state index is -4.64. The largest absolute Gasteiger partial charge is 0.466 e. The van der Waals surface area contributed by atoms with E-state index >= 15 is 0 Å². The molecular formula is C2H8NO4P. The normalized spacial score (nSPS) is 9.00. The molecule has 0 spiro atoms. The predicted octanol–water partition coefficient (Wildman–Crippen LogP) is -0.273. The molecule has 0 atom stereocenters. The molecule has 0 aromatic heterocycles. The molecule has 0 unspecified atom stereocenters. The van der Waals surface area contributed by atoms with Crippen LogP contribution >= 0.6 is 7.82 Å². The van der Waals surface area contributed by atoms with Crippen LogP contribution in [0, 0.1) is 5.41 Å². The number of nitrogens with one attached hydrogen (secondary N) is 1. The summed E-state index contributed by atoms with van der Waals surface area (Å²) >= 11 is 0. The summed E-state index contributed by atoms with van der Waals surface area (Å²) in [5.74, 6) is 0. The third-order valence-electron chi connectivity index (χ3n) is 0. The van der Waals surface area contributed by atoms with Gasteiger partial charge in [0.05, 0.1) is 0 Å². The topological polar surface area (TPSA) is 102 Å². The van der Waals surface area contributed by atoms with E-state index in [-0.39, 0.29) is 0 Å². The molecule has 0 aliphatic rings. The van der Waals surface area contributed by atoms with Crippen LogP contribution in [0.5, 0.6) is 0 Å². The Morgan fingerprint density at radius 1 is 1.50 bits per heavy atom. The van der Waals surface area contributed by atoms with Gasteiger partial charge >= 0.3 is 7.82 Å². The fraction of sp³-hybridized carbons (Fsp3) is 0.500. The van der Waals surface area contributed by atoms with Crippen molar-refractivity contribution >= 4 is 14.0 Å². The Morgan fingerprint density at radius 3 is 1.50 bits per heavy atom. The maximum absolute atomic E-state index is 8.88. The Bertz CT molecular complexity index is 87.9. The van der Waals surface area contributed by atoms with Crippen LogP contribution in [0.1, 0.15) is 6.92 Å². The summed E-state index contributed by atoms with van der Waals surface area (Å²) < 4.78 is 8.88. The molecule has 0 saturated heterocycles. The second-order valence-corrected chi connectivity index (χ2v) is 1.83. The van der Waals surface area contributed by atoms with E-state index in [9.17, 15) is 0 Å². The minimum Gasteiger partial charge on any atom is -0.313 e. The van der Waals surface area contributed by atoms with Crippen LogP contribution in [0.2, 0.25) is 0 Å². The zero-order valence-electron chi connectivity index (χ0n) is 4.27. The van der Waals surface area contributed by atoms with Gasteiger partial charge in [0.1, 0.15) is 0 Å². The fourth-order valence-corrected chi connectivity index (χ4v) is 0. The molecule has 6 heteroatoms. The summed E-state index contributed by atoms with van der Waals surface area (Å²) in [5, 5.41) is 6.08. The van der Waals surface area contributed by atoms with Gasteiger partial charge in [-0.1, -0.05) is 0 Å². The van der Waals surface area contributed by atoms with E-state index in [0.717, 1.165) is 0 Å². The zero-order valence-corrected chi connectivity index (χ0v) is 5.17. The lowest BCUT2D eigenvalue weighted by Crippen LogP contribution is -1.66. The lowest BCUT2D eigenvalue weighted by Gasteiger charge is -1.82. The molecule has 0 rings (SSSR count). The lowest BCUT2D eigenvalue weighted by molar-refractivity contribution is 0.275. The number of rotatable bonds is 0. The summed E-state index contributed by atoms with van der Waals surface area (Å²) in [6.07, 6.45) is 1.25. The average Bonchev–Trinajstić information content (AvgIpc) is 1.27. The highest BCUT2D eigenvalue weighted by Crippen LogP contribution is 2.25. The second-order valence-electron chi connectivity index (χ2n) is 0.802. The Morgan fingerprint density at radius 2 is 1.50 bits per heavy atom. The van der Waals surface area contributed by atoms with Gasteiger partial charge in [0.15, 0.2) is 0 Å². The molecule has 0 fully saturated rings.